The van der Waals surface area contributed by atoms with Crippen LogP contribution in [0.5, 0.6) is 0 Å². The van der Waals surface area contributed by atoms with Crippen LogP contribution in [0.15, 0.2) is 18.2 Å². The minimum Gasteiger partial charge on any atom is -0.383 e. The van der Waals surface area contributed by atoms with Crippen molar-refractivity contribution in [2.75, 3.05) is 5.73 Å². The summed E-state index contributed by atoms with van der Waals surface area (Å²) in [6, 6.07) is 5.30. The third-order valence-corrected chi connectivity index (χ3v) is 3.47. The highest BCUT2D eigenvalue weighted by Gasteiger charge is 2.16. The van der Waals surface area contributed by atoms with Crippen molar-refractivity contribution in [3.8, 4) is 11.3 Å². The summed E-state index contributed by atoms with van der Waals surface area (Å²) in [7, 11) is 0. The molecule has 0 aliphatic rings. The van der Waals surface area contributed by atoms with Gasteiger partial charge < -0.3 is 10.3 Å². The van der Waals surface area contributed by atoms with Gasteiger partial charge in [0.25, 0.3) is 0 Å². The van der Waals surface area contributed by atoms with Gasteiger partial charge in [-0.3, -0.25) is 0 Å². The van der Waals surface area contributed by atoms with Gasteiger partial charge in [0.05, 0.1) is 5.02 Å². The van der Waals surface area contributed by atoms with E-state index in [0.29, 0.717) is 21.6 Å². The number of nitrogens with zero attached hydrogens (tertiary/aromatic N) is 2. The van der Waals surface area contributed by atoms with Crippen molar-refractivity contribution in [3.63, 3.8) is 0 Å². The first-order valence-corrected chi connectivity index (χ1v) is 6.64. The zero-order chi connectivity index (χ0) is 13.3. The number of halogens is 2. The number of aryl methyl sites for hydroxylation is 1. The Hall–Kier alpha value is -1.19. The summed E-state index contributed by atoms with van der Waals surface area (Å²) >= 11 is 12.2. The smallest absolute Gasteiger partial charge is 0.131 e. The van der Waals surface area contributed by atoms with Gasteiger partial charge in [-0.15, -0.1) is 0 Å². The van der Waals surface area contributed by atoms with Gasteiger partial charge in [0.2, 0.25) is 0 Å². The second-order valence-corrected chi connectivity index (χ2v) is 4.83. The number of anilines is 1. The Morgan fingerprint density at radius 3 is 2.56 bits per heavy atom. The van der Waals surface area contributed by atoms with Gasteiger partial charge in [-0.25, -0.2) is 4.98 Å². The fourth-order valence-electron chi connectivity index (χ4n) is 2.01. The number of imidazole rings is 1. The molecule has 0 bridgehead atoms. The third-order valence-electron chi connectivity index (χ3n) is 2.90. The molecule has 0 unspecified atom stereocenters. The molecule has 2 aromatic rings. The van der Waals surface area contributed by atoms with Crippen LogP contribution in [0.4, 0.5) is 5.82 Å². The molecule has 0 saturated heterocycles. The average molecular weight is 284 g/mol. The Balaban J connectivity index is 2.64. The van der Waals surface area contributed by atoms with E-state index in [0.717, 1.165) is 24.4 Å². The molecule has 0 aliphatic heterocycles. The molecule has 18 heavy (non-hydrogen) atoms. The zero-order valence-corrected chi connectivity index (χ0v) is 11.9. The molecule has 3 nitrogen and oxygen atoms in total. The molecule has 0 saturated carbocycles. The molecular formula is C13H15Cl2N3. The normalized spacial score (nSPS) is 10.9. The fraction of sp³-hybridized carbons (Fsp3) is 0.308. The molecule has 0 atom stereocenters. The number of nitrogen functional groups attached to an aromatic ring is 1. The van der Waals surface area contributed by atoms with Crippen molar-refractivity contribution < 1.29 is 0 Å². The summed E-state index contributed by atoms with van der Waals surface area (Å²) < 4.78 is 1.99. The molecule has 0 radical (unpaired) electrons. The number of hydrogen-bond donors (Lipinski definition) is 1. The Morgan fingerprint density at radius 2 is 2.00 bits per heavy atom. The average Bonchev–Trinajstić information content (AvgIpc) is 2.68. The van der Waals surface area contributed by atoms with Gasteiger partial charge in [0.1, 0.15) is 17.3 Å². The van der Waals surface area contributed by atoms with Gasteiger partial charge in [-0.05, 0) is 25.1 Å². The number of nitrogens with two attached hydrogens (primary N) is 1. The van der Waals surface area contributed by atoms with E-state index in [1.807, 2.05) is 11.5 Å². The van der Waals surface area contributed by atoms with Gasteiger partial charge in [-0.1, -0.05) is 30.1 Å². The minimum atomic E-state index is 0.606. The Labute approximate surface area is 117 Å². The standard InChI is InChI=1S/C13H15Cl2N3/c1-3-11-17-12(13(16)18(11)4-2)9-7-8(14)5-6-10(9)15/h5-7H,3-4,16H2,1-2H3. The first kappa shape index (κ1) is 13.2. The van der Waals surface area contributed by atoms with Gasteiger partial charge in [-0.2, -0.15) is 0 Å². The molecule has 1 aromatic heterocycles. The van der Waals surface area contributed by atoms with Crippen LogP contribution in [0.25, 0.3) is 11.3 Å². The lowest BCUT2D eigenvalue weighted by Crippen LogP contribution is -2.04. The van der Waals surface area contributed by atoms with E-state index in [2.05, 4.69) is 11.9 Å². The lowest BCUT2D eigenvalue weighted by molar-refractivity contribution is 0.713. The fourth-order valence-corrected chi connectivity index (χ4v) is 2.39. The summed E-state index contributed by atoms with van der Waals surface area (Å²) in [5.41, 5.74) is 7.63. The quantitative estimate of drug-likeness (QED) is 0.925. The summed E-state index contributed by atoms with van der Waals surface area (Å²) in [5, 5.41) is 1.23. The molecule has 0 aliphatic carbocycles. The van der Waals surface area contributed by atoms with Crippen molar-refractivity contribution >= 4 is 29.0 Å². The van der Waals surface area contributed by atoms with Crippen LogP contribution in [-0.2, 0) is 13.0 Å². The van der Waals surface area contributed by atoms with Crippen molar-refractivity contribution in [1.29, 1.82) is 0 Å². The lowest BCUT2D eigenvalue weighted by Gasteiger charge is -2.05. The van der Waals surface area contributed by atoms with Crippen LogP contribution in [-0.4, -0.2) is 9.55 Å². The first-order chi connectivity index (χ1) is 8.58. The molecule has 96 valence electrons. The minimum absolute atomic E-state index is 0.606. The van der Waals surface area contributed by atoms with E-state index in [1.165, 1.54) is 0 Å². The molecule has 5 heteroatoms. The molecule has 1 heterocycles. The third kappa shape index (κ3) is 2.20. The summed E-state index contributed by atoms with van der Waals surface area (Å²) in [6.07, 6.45) is 0.830. The Bertz CT molecular complexity index is 576. The maximum Gasteiger partial charge on any atom is 0.131 e. The molecule has 1 aromatic carbocycles. The predicted octanol–water partition coefficient (Wildman–Crippen LogP) is 4.02. The second kappa shape index (κ2) is 5.21. The van der Waals surface area contributed by atoms with Crippen molar-refractivity contribution in [1.82, 2.24) is 9.55 Å². The number of aromatic nitrogens is 2. The van der Waals surface area contributed by atoms with Crippen LogP contribution in [0.1, 0.15) is 19.7 Å². The maximum absolute atomic E-state index is 6.19. The zero-order valence-electron chi connectivity index (χ0n) is 10.4. The largest absolute Gasteiger partial charge is 0.383 e. The molecule has 0 spiro atoms. The molecule has 2 N–H and O–H groups in total. The van der Waals surface area contributed by atoms with Crippen LogP contribution in [0.2, 0.25) is 10.0 Å². The van der Waals surface area contributed by atoms with E-state index >= 15 is 0 Å². The van der Waals surface area contributed by atoms with Crippen LogP contribution < -0.4 is 5.73 Å². The second-order valence-electron chi connectivity index (χ2n) is 3.98. The van der Waals surface area contributed by atoms with Crippen molar-refractivity contribution in [2.45, 2.75) is 26.8 Å². The number of rotatable bonds is 3. The summed E-state index contributed by atoms with van der Waals surface area (Å²) in [5.74, 6) is 1.60. The summed E-state index contributed by atoms with van der Waals surface area (Å²) in [6.45, 7) is 4.89. The molecule has 0 amide bonds. The van der Waals surface area contributed by atoms with Crippen molar-refractivity contribution in [2.24, 2.45) is 0 Å². The first-order valence-electron chi connectivity index (χ1n) is 5.88. The van der Waals surface area contributed by atoms with E-state index in [9.17, 15) is 0 Å². The lowest BCUT2D eigenvalue weighted by atomic mass is 10.1. The van der Waals surface area contributed by atoms with E-state index in [1.54, 1.807) is 18.2 Å². The molecule has 0 fully saturated rings. The summed E-state index contributed by atoms with van der Waals surface area (Å²) in [4.78, 5) is 4.57. The van der Waals surface area contributed by atoms with Crippen LogP contribution >= 0.6 is 23.2 Å². The monoisotopic (exact) mass is 283 g/mol. The van der Waals surface area contributed by atoms with Gasteiger partial charge in [0, 0.05) is 23.6 Å². The van der Waals surface area contributed by atoms with E-state index in [4.69, 9.17) is 28.9 Å². The molecule has 2 rings (SSSR count). The van der Waals surface area contributed by atoms with Crippen molar-refractivity contribution in [3.05, 3.63) is 34.1 Å². The maximum atomic E-state index is 6.19. The highest BCUT2D eigenvalue weighted by atomic mass is 35.5. The van der Waals surface area contributed by atoms with E-state index < -0.39 is 0 Å². The highest BCUT2D eigenvalue weighted by Crippen LogP contribution is 2.34. The molecular weight excluding hydrogens is 269 g/mol. The SMILES string of the molecule is CCc1nc(-c2cc(Cl)ccc2Cl)c(N)n1CC. The van der Waals surface area contributed by atoms with Crippen LogP contribution in [0.3, 0.4) is 0 Å². The Kier molecular flexibility index (Phi) is 3.83. The highest BCUT2D eigenvalue weighted by molar-refractivity contribution is 6.35. The van der Waals surface area contributed by atoms with E-state index in [-0.39, 0.29) is 0 Å². The topological polar surface area (TPSA) is 43.8 Å². The van der Waals surface area contributed by atoms with Crippen LogP contribution in [0, 0.1) is 0 Å². The number of hydrogen-bond acceptors (Lipinski definition) is 2. The predicted molar refractivity (Wildman–Crippen MR) is 77.1 cm³/mol. The van der Waals surface area contributed by atoms with Gasteiger partial charge in [0.15, 0.2) is 0 Å². The van der Waals surface area contributed by atoms with Gasteiger partial charge >= 0.3 is 0 Å². The Morgan fingerprint density at radius 1 is 1.28 bits per heavy atom. The number of benzene rings is 1.